The molecule has 106 valence electrons. The van der Waals surface area contributed by atoms with Crippen molar-refractivity contribution < 1.29 is 14.6 Å². The smallest absolute Gasteiger partial charge is 0.305 e. The van der Waals surface area contributed by atoms with Gasteiger partial charge in [-0.25, -0.2) is 0 Å². The van der Waals surface area contributed by atoms with Gasteiger partial charge in [0.2, 0.25) is 0 Å². The van der Waals surface area contributed by atoms with Gasteiger partial charge in [0.25, 0.3) is 0 Å². The third-order valence-electron chi connectivity index (χ3n) is 3.37. The first-order valence-electron chi connectivity index (χ1n) is 6.63. The second-order valence-electron chi connectivity index (χ2n) is 4.71. The number of nitrogens with zero attached hydrogens (tertiary/aromatic N) is 3. The summed E-state index contributed by atoms with van der Waals surface area (Å²) in [6, 6.07) is 3.89. The Kier molecular flexibility index (Phi) is 4.91. The average Bonchev–Trinajstić information content (AvgIpc) is 2.47. The Labute approximate surface area is 117 Å². The lowest BCUT2D eigenvalue weighted by molar-refractivity contribution is -0.138. The van der Waals surface area contributed by atoms with Gasteiger partial charge in [-0.05, 0) is 18.9 Å². The zero-order chi connectivity index (χ0) is 14.4. The summed E-state index contributed by atoms with van der Waals surface area (Å²) in [5.41, 5.74) is 1.49. The molecule has 1 saturated heterocycles. The summed E-state index contributed by atoms with van der Waals surface area (Å²) in [6.45, 7) is 1.84. The van der Waals surface area contributed by atoms with Crippen LogP contribution in [0.3, 0.4) is 0 Å². The lowest BCUT2D eigenvalue weighted by Gasteiger charge is -2.33. The monoisotopic (exact) mass is 275 g/mol. The fraction of sp³-hybridized carbons (Fsp3) is 0.500. The molecule has 1 aliphatic heterocycles. The largest absolute Gasteiger partial charge is 0.481 e. The third-order valence-corrected chi connectivity index (χ3v) is 3.37. The van der Waals surface area contributed by atoms with Crippen LogP contribution in [0.2, 0.25) is 0 Å². The first kappa shape index (κ1) is 14.3. The molecule has 0 radical (unpaired) electrons. The SMILES string of the molecule is N#Cc1ccncc1N1CCC(OCCC(=O)O)CC1. The second kappa shape index (κ2) is 6.87. The first-order valence-corrected chi connectivity index (χ1v) is 6.63. The Hall–Kier alpha value is -2.13. The van der Waals surface area contributed by atoms with Crippen molar-refractivity contribution in [3.8, 4) is 6.07 Å². The molecule has 1 aromatic heterocycles. The molecule has 0 amide bonds. The number of ether oxygens (including phenoxy) is 1. The van der Waals surface area contributed by atoms with Gasteiger partial charge in [-0.3, -0.25) is 9.78 Å². The Bertz CT molecular complexity index is 505. The number of anilines is 1. The fourth-order valence-corrected chi connectivity index (χ4v) is 2.31. The van der Waals surface area contributed by atoms with Crippen LogP contribution in [0.25, 0.3) is 0 Å². The quantitative estimate of drug-likeness (QED) is 0.874. The average molecular weight is 275 g/mol. The standard InChI is InChI=1S/C14H17N3O3/c15-9-11-1-5-16-10-13(11)17-6-2-12(3-7-17)20-8-4-14(18)19/h1,5,10,12H,2-4,6-8H2,(H,18,19). The van der Waals surface area contributed by atoms with Gasteiger partial charge >= 0.3 is 5.97 Å². The van der Waals surface area contributed by atoms with Crippen molar-refractivity contribution in [1.82, 2.24) is 4.98 Å². The van der Waals surface area contributed by atoms with E-state index in [0.29, 0.717) is 5.56 Å². The number of hydrogen-bond acceptors (Lipinski definition) is 5. The summed E-state index contributed by atoms with van der Waals surface area (Å²) in [7, 11) is 0. The Balaban J connectivity index is 1.85. The molecule has 0 saturated carbocycles. The number of nitriles is 1. The van der Waals surface area contributed by atoms with E-state index in [1.165, 1.54) is 0 Å². The van der Waals surface area contributed by atoms with Crippen LogP contribution in [0.15, 0.2) is 18.5 Å². The molecule has 2 rings (SSSR count). The van der Waals surface area contributed by atoms with Crippen molar-refractivity contribution in [2.75, 3.05) is 24.6 Å². The van der Waals surface area contributed by atoms with Crippen molar-refractivity contribution in [2.45, 2.75) is 25.4 Å². The summed E-state index contributed by atoms with van der Waals surface area (Å²) < 4.78 is 5.55. The molecule has 1 aliphatic rings. The van der Waals surface area contributed by atoms with Crippen LogP contribution in [0.5, 0.6) is 0 Å². The number of carbonyl (C=O) groups is 1. The second-order valence-corrected chi connectivity index (χ2v) is 4.71. The first-order chi connectivity index (χ1) is 9.70. The molecule has 1 aromatic rings. The number of aromatic nitrogens is 1. The fourth-order valence-electron chi connectivity index (χ4n) is 2.31. The number of aliphatic carboxylic acids is 1. The maximum absolute atomic E-state index is 10.4. The summed E-state index contributed by atoms with van der Waals surface area (Å²) in [5.74, 6) is -0.837. The lowest BCUT2D eigenvalue weighted by atomic mass is 10.1. The Morgan fingerprint density at radius 3 is 2.95 bits per heavy atom. The van der Waals surface area contributed by atoms with Crippen LogP contribution in [0, 0.1) is 11.3 Å². The minimum Gasteiger partial charge on any atom is -0.481 e. The van der Waals surface area contributed by atoms with E-state index in [9.17, 15) is 4.79 Å². The molecule has 1 fully saturated rings. The molecular weight excluding hydrogens is 258 g/mol. The van der Waals surface area contributed by atoms with E-state index in [1.807, 2.05) is 0 Å². The minimum atomic E-state index is -0.837. The Morgan fingerprint density at radius 1 is 1.55 bits per heavy atom. The summed E-state index contributed by atoms with van der Waals surface area (Å²) >= 11 is 0. The zero-order valence-electron chi connectivity index (χ0n) is 11.2. The number of carboxylic acids is 1. The van der Waals surface area contributed by atoms with E-state index in [2.05, 4.69) is 16.0 Å². The van der Waals surface area contributed by atoms with Crippen molar-refractivity contribution in [1.29, 1.82) is 5.26 Å². The van der Waals surface area contributed by atoms with E-state index in [4.69, 9.17) is 15.1 Å². The molecule has 1 N–H and O–H groups in total. The molecule has 0 spiro atoms. The minimum absolute atomic E-state index is 0.0431. The van der Waals surface area contributed by atoms with E-state index in [1.54, 1.807) is 18.5 Å². The predicted octanol–water partition coefficient (Wildman–Crippen LogP) is 1.41. The number of rotatable bonds is 5. The van der Waals surface area contributed by atoms with E-state index < -0.39 is 5.97 Å². The van der Waals surface area contributed by atoms with Gasteiger partial charge in [-0.15, -0.1) is 0 Å². The van der Waals surface area contributed by atoms with Gasteiger partial charge in [0.1, 0.15) is 6.07 Å². The highest BCUT2D eigenvalue weighted by Crippen LogP contribution is 2.23. The molecule has 0 aliphatic carbocycles. The topological polar surface area (TPSA) is 86.5 Å². The van der Waals surface area contributed by atoms with E-state index >= 15 is 0 Å². The summed E-state index contributed by atoms with van der Waals surface area (Å²) in [6.07, 6.45) is 5.14. The molecule has 0 aromatic carbocycles. The van der Waals surface area contributed by atoms with Crippen LogP contribution < -0.4 is 4.90 Å². The van der Waals surface area contributed by atoms with Crippen molar-refractivity contribution >= 4 is 11.7 Å². The number of pyridine rings is 1. The van der Waals surface area contributed by atoms with Gasteiger partial charge in [0.15, 0.2) is 0 Å². The van der Waals surface area contributed by atoms with Crippen LogP contribution in [0.1, 0.15) is 24.8 Å². The lowest BCUT2D eigenvalue weighted by Crippen LogP contribution is -2.37. The summed E-state index contributed by atoms with van der Waals surface area (Å²) in [5, 5.41) is 17.7. The highest BCUT2D eigenvalue weighted by Gasteiger charge is 2.21. The van der Waals surface area contributed by atoms with Gasteiger partial charge < -0.3 is 14.7 Å². The maximum Gasteiger partial charge on any atom is 0.305 e. The van der Waals surface area contributed by atoms with Crippen molar-refractivity contribution in [3.05, 3.63) is 24.0 Å². The van der Waals surface area contributed by atoms with E-state index in [0.717, 1.165) is 31.6 Å². The van der Waals surface area contributed by atoms with E-state index in [-0.39, 0.29) is 19.1 Å². The van der Waals surface area contributed by atoms with Crippen molar-refractivity contribution in [2.24, 2.45) is 0 Å². The van der Waals surface area contributed by atoms with Crippen LogP contribution in [-0.2, 0) is 9.53 Å². The van der Waals surface area contributed by atoms with Gasteiger partial charge in [-0.2, -0.15) is 5.26 Å². The highest BCUT2D eigenvalue weighted by molar-refractivity contribution is 5.66. The summed E-state index contributed by atoms with van der Waals surface area (Å²) in [4.78, 5) is 16.6. The Morgan fingerprint density at radius 2 is 2.30 bits per heavy atom. The normalized spacial score (nSPS) is 15.8. The molecular formula is C14H17N3O3. The molecule has 0 bridgehead atoms. The number of carboxylic acid groups (broad SMARTS) is 1. The maximum atomic E-state index is 10.4. The van der Waals surface area contributed by atoms with Gasteiger partial charge in [0.05, 0.1) is 36.6 Å². The van der Waals surface area contributed by atoms with Gasteiger partial charge in [0, 0.05) is 19.3 Å². The molecule has 0 atom stereocenters. The van der Waals surface area contributed by atoms with Crippen LogP contribution in [0.4, 0.5) is 5.69 Å². The number of piperidine rings is 1. The van der Waals surface area contributed by atoms with Crippen molar-refractivity contribution in [3.63, 3.8) is 0 Å². The molecule has 2 heterocycles. The van der Waals surface area contributed by atoms with Crippen LogP contribution in [-0.4, -0.2) is 41.9 Å². The third kappa shape index (κ3) is 3.68. The molecule has 0 unspecified atom stereocenters. The number of hydrogen-bond donors (Lipinski definition) is 1. The van der Waals surface area contributed by atoms with Crippen LogP contribution >= 0.6 is 0 Å². The molecule has 6 nitrogen and oxygen atoms in total. The molecule has 6 heteroatoms. The zero-order valence-corrected chi connectivity index (χ0v) is 11.2. The highest BCUT2D eigenvalue weighted by atomic mass is 16.5. The van der Waals surface area contributed by atoms with Gasteiger partial charge in [-0.1, -0.05) is 0 Å². The predicted molar refractivity (Wildman–Crippen MR) is 72.4 cm³/mol. The molecule has 20 heavy (non-hydrogen) atoms.